The summed E-state index contributed by atoms with van der Waals surface area (Å²) in [5.74, 6) is -2.78. The third-order valence-electron chi connectivity index (χ3n) is 5.30. The predicted molar refractivity (Wildman–Crippen MR) is 111 cm³/mol. The molecular formula is C22H24FNO6S. The van der Waals surface area contributed by atoms with Crippen LogP contribution in [0.15, 0.2) is 35.7 Å². The molecule has 2 atom stereocenters. The topological polar surface area (TPSA) is 115 Å². The van der Waals surface area contributed by atoms with Gasteiger partial charge in [-0.05, 0) is 42.3 Å². The summed E-state index contributed by atoms with van der Waals surface area (Å²) in [6, 6.07) is 8.44. The summed E-state index contributed by atoms with van der Waals surface area (Å²) in [5.41, 5.74) is 1.83. The highest BCUT2D eigenvalue weighted by Gasteiger charge is 2.40. The molecule has 0 radical (unpaired) electrons. The second kappa shape index (κ2) is 10.1. The first-order valence-corrected chi connectivity index (χ1v) is 10.9. The maximum absolute atomic E-state index is 14.3. The SMILES string of the molecule is O=C(C1CC1)C(c1ccccc1F)N1CCc2sccc2C1.O=C(O)CC(O)C(=O)O. The second-order valence-corrected chi connectivity index (χ2v) is 8.64. The summed E-state index contributed by atoms with van der Waals surface area (Å²) in [5, 5.41) is 26.2. The zero-order chi connectivity index (χ0) is 22.5. The quantitative estimate of drug-likeness (QED) is 0.595. The maximum Gasteiger partial charge on any atom is 0.333 e. The van der Waals surface area contributed by atoms with E-state index < -0.39 is 30.5 Å². The fraction of sp³-hybridized carbons (Fsp3) is 0.409. The van der Waals surface area contributed by atoms with Gasteiger partial charge in [-0.2, -0.15) is 0 Å². The van der Waals surface area contributed by atoms with Crippen molar-refractivity contribution >= 4 is 29.1 Å². The number of carbonyl (C=O) groups excluding carboxylic acids is 1. The van der Waals surface area contributed by atoms with Crippen molar-refractivity contribution < 1.29 is 34.1 Å². The Kier molecular flexibility index (Phi) is 7.53. The number of hydrogen-bond donors (Lipinski definition) is 3. The van der Waals surface area contributed by atoms with Crippen LogP contribution in [0.25, 0.3) is 0 Å². The van der Waals surface area contributed by atoms with Crippen molar-refractivity contribution in [3.63, 3.8) is 0 Å². The fourth-order valence-electron chi connectivity index (χ4n) is 3.56. The number of halogens is 1. The summed E-state index contributed by atoms with van der Waals surface area (Å²) < 4.78 is 14.3. The monoisotopic (exact) mass is 449 g/mol. The number of thiophene rings is 1. The van der Waals surface area contributed by atoms with Gasteiger partial charge in [-0.15, -0.1) is 11.3 Å². The minimum absolute atomic E-state index is 0.133. The van der Waals surface area contributed by atoms with Crippen molar-refractivity contribution in [1.29, 1.82) is 0 Å². The molecule has 4 rings (SSSR count). The van der Waals surface area contributed by atoms with Crippen molar-refractivity contribution in [3.05, 3.63) is 57.5 Å². The molecule has 2 unspecified atom stereocenters. The summed E-state index contributed by atoms with van der Waals surface area (Å²) in [4.78, 5) is 35.8. The van der Waals surface area contributed by atoms with Crippen LogP contribution < -0.4 is 0 Å². The van der Waals surface area contributed by atoms with Crippen molar-refractivity contribution in [2.75, 3.05) is 6.54 Å². The number of Topliss-reactive ketones (excluding diaryl/α,β-unsaturated/α-hetero) is 1. The Bertz CT molecular complexity index is 957. The van der Waals surface area contributed by atoms with Crippen LogP contribution in [0.4, 0.5) is 4.39 Å². The largest absolute Gasteiger partial charge is 0.481 e. The number of carbonyl (C=O) groups is 3. The van der Waals surface area contributed by atoms with Gasteiger partial charge in [-0.3, -0.25) is 14.5 Å². The summed E-state index contributed by atoms with van der Waals surface area (Å²) in [6.07, 6.45) is 0.330. The Hall–Kier alpha value is -2.62. The number of carboxylic acids is 2. The number of fused-ring (bicyclic) bond motifs is 1. The number of carboxylic acid groups (broad SMARTS) is 2. The zero-order valence-corrected chi connectivity index (χ0v) is 17.6. The molecule has 1 aliphatic heterocycles. The molecule has 1 aromatic carbocycles. The van der Waals surface area contributed by atoms with Crippen LogP contribution in [0.3, 0.4) is 0 Å². The molecule has 31 heavy (non-hydrogen) atoms. The van der Waals surface area contributed by atoms with Crippen molar-refractivity contribution in [2.45, 2.75) is 44.4 Å². The number of aliphatic hydroxyl groups excluding tert-OH is 1. The van der Waals surface area contributed by atoms with Crippen LogP contribution in [-0.2, 0) is 27.3 Å². The minimum atomic E-state index is -1.79. The van der Waals surface area contributed by atoms with Crippen LogP contribution in [-0.4, -0.2) is 50.6 Å². The van der Waals surface area contributed by atoms with Gasteiger partial charge in [-0.25, -0.2) is 9.18 Å². The first-order chi connectivity index (χ1) is 14.8. The molecule has 1 fully saturated rings. The van der Waals surface area contributed by atoms with E-state index in [0.29, 0.717) is 5.56 Å². The highest BCUT2D eigenvalue weighted by atomic mass is 32.1. The first-order valence-electron chi connectivity index (χ1n) is 9.98. The first kappa shape index (κ1) is 23.1. The smallest absolute Gasteiger partial charge is 0.333 e. The summed E-state index contributed by atoms with van der Waals surface area (Å²) in [6.45, 7) is 1.57. The number of nitrogens with zero attached hydrogens (tertiary/aromatic N) is 1. The zero-order valence-electron chi connectivity index (χ0n) is 16.7. The van der Waals surface area contributed by atoms with Gasteiger partial charge in [0.25, 0.3) is 0 Å². The molecule has 1 saturated carbocycles. The number of ketones is 1. The van der Waals surface area contributed by atoms with Gasteiger partial charge in [0, 0.05) is 29.4 Å². The van der Waals surface area contributed by atoms with Gasteiger partial charge >= 0.3 is 11.9 Å². The van der Waals surface area contributed by atoms with E-state index in [1.165, 1.54) is 16.5 Å². The highest BCUT2D eigenvalue weighted by Crippen LogP contribution is 2.39. The summed E-state index contributed by atoms with van der Waals surface area (Å²) >= 11 is 1.78. The molecule has 3 N–H and O–H groups in total. The van der Waals surface area contributed by atoms with Crippen LogP contribution in [0.5, 0.6) is 0 Å². The average Bonchev–Trinajstić information content (AvgIpc) is 3.47. The Morgan fingerprint density at radius 2 is 1.87 bits per heavy atom. The molecule has 0 bridgehead atoms. The van der Waals surface area contributed by atoms with E-state index in [0.717, 1.165) is 32.4 Å². The van der Waals surface area contributed by atoms with Gasteiger partial charge < -0.3 is 15.3 Å². The molecular weight excluding hydrogens is 425 g/mol. The van der Waals surface area contributed by atoms with Gasteiger partial charge in [0.2, 0.25) is 0 Å². The van der Waals surface area contributed by atoms with Crippen LogP contribution in [0.1, 0.15) is 41.3 Å². The summed E-state index contributed by atoms with van der Waals surface area (Å²) in [7, 11) is 0. The van der Waals surface area contributed by atoms with E-state index >= 15 is 0 Å². The van der Waals surface area contributed by atoms with E-state index in [2.05, 4.69) is 16.3 Å². The minimum Gasteiger partial charge on any atom is -0.481 e. The molecule has 0 spiro atoms. The Labute approximate surface area is 182 Å². The van der Waals surface area contributed by atoms with Gasteiger partial charge in [0.1, 0.15) is 5.82 Å². The third-order valence-corrected chi connectivity index (χ3v) is 6.33. The lowest BCUT2D eigenvalue weighted by Gasteiger charge is -2.34. The number of hydrogen-bond acceptors (Lipinski definition) is 6. The van der Waals surface area contributed by atoms with Gasteiger partial charge in [0.05, 0.1) is 12.5 Å². The Morgan fingerprint density at radius 3 is 2.45 bits per heavy atom. The predicted octanol–water partition coefficient (Wildman–Crippen LogP) is 2.87. The van der Waals surface area contributed by atoms with E-state index in [9.17, 15) is 18.8 Å². The Balaban J connectivity index is 0.000000259. The number of rotatable bonds is 7. The number of aliphatic carboxylic acids is 2. The number of aliphatic hydroxyl groups is 1. The molecule has 1 aliphatic carbocycles. The van der Waals surface area contributed by atoms with Crippen LogP contribution >= 0.6 is 11.3 Å². The van der Waals surface area contributed by atoms with E-state index in [1.807, 2.05) is 6.07 Å². The highest BCUT2D eigenvalue weighted by molar-refractivity contribution is 7.10. The lowest BCUT2D eigenvalue weighted by atomic mass is 9.95. The van der Waals surface area contributed by atoms with Gasteiger partial charge in [0.15, 0.2) is 11.9 Å². The average molecular weight is 450 g/mol. The molecule has 2 heterocycles. The van der Waals surface area contributed by atoms with Gasteiger partial charge in [-0.1, -0.05) is 18.2 Å². The molecule has 166 valence electrons. The number of benzene rings is 1. The molecule has 9 heteroatoms. The maximum atomic E-state index is 14.3. The van der Waals surface area contributed by atoms with E-state index in [4.69, 9.17) is 15.3 Å². The van der Waals surface area contributed by atoms with Crippen LogP contribution in [0.2, 0.25) is 0 Å². The standard InChI is InChI=1S/C18H18FNOS.C4H6O5/c19-15-4-2-1-3-14(15)17(18(21)12-5-6-12)20-9-7-16-13(11-20)8-10-22-16;5-2(4(8)9)1-3(6)7/h1-4,8,10,12,17H,5-7,9,11H2;2,5H,1H2,(H,6,7)(H,8,9). The van der Waals surface area contributed by atoms with E-state index in [1.54, 1.807) is 23.5 Å². The fourth-order valence-corrected chi connectivity index (χ4v) is 4.45. The molecule has 2 aromatic rings. The molecule has 2 aliphatic rings. The third kappa shape index (κ3) is 5.96. The Morgan fingerprint density at radius 1 is 1.16 bits per heavy atom. The lowest BCUT2D eigenvalue weighted by Crippen LogP contribution is -2.38. The molecule has 1 aromatic heterocycles. The van der Waals surface area contributed by atoms with Crippen molar-refractivity contribution in [2.24, 2.45) is 5.92 Å². The van der Waals surface area contributed by atoms with Crippen LogP contribution in [0, 0.1) is 11.7 Å². The molecule has 0 amide bonds. The van der Waals surface area contributed by atoms with Crippen molar-refractivity contribution in [3.8, 4) is 0 Å². The normalized spacial score (nSPS) is 17.6. The lowest BCUT2D eigenvalue weighted by molar-refractivity contribution is -0.152. The molecule has 7 nitrogen and oxygen atoms in total. The van der Waals surface area contributed by atoms with E-state index in [-0.39, 0.29) is 17.5 Å². The molecule has 0 saturated heterocycles. The second-order valence-electron chi connectivity index (χ2n) is 7.64. The van der Waals surface area contributed by atoms with Crippen molar-refractivity contribution in [1.82, 2.24) is 4.90 Å².